The molecule has 1 aromatic rings. The first kappa shape index (κ1) is 11.8. The van der Waals surface area contributed by atoms with Gasteiger partial charge in [0.1, 0.15) is 0 Å². The Morgan fingerprint density at radius 3 is 2.67 bits per heavy atom. The molecule has 1 aromatic carbocycles. The second-order valence-electron chi connectivity index (χ2n) is 3.06. The average Bonchev–Trinajstić information content (AvgIpc) is 2.27. The molecule has 0 aliphatic heterocycles. The van der Waals surface area contributed by atoms with E-state index in [2.05, 4.69) is 32.0 Å². The van der Waals surface area contributed by atoms with Crippen molar-refractivity contribution in [1.82, 2.24) is 5.32 Å². The van der Waals surface area contributed by atoms with Crippen LogP contribution in [0.4, 0.5) is 0 Å². The van der Waals surface area contributed by atoms with Gasteiger partial charge in [-0.05, 0) is 16.8 Å². The lowest BCUT2D eigenvalue weighted by Gasteiger charge is -2.15. The second kappa shape index (κ2) is 6.26. The number of nitrogens with one attached hydrogen (secondary N) is 1. The van der Waals surface area contributed by atoms with E-state index in [0.717, 1.165) is 12.0 Å². The Hall–Kier alpha value is -1.27. The molecule has 1 rings (SSSR count). The largest absolute Gasteiger partial charge is 0.338 e. The molecule has 2 nitrogen and oxygen atoms in total. The van der Waals surface area contributed by atoms with Gasteiger partial charge >= 0.3 is 0 Å². The van der Waals surface area contributed by atoms with Crippen molar-refractivity contribution < 1.29 is 4.79 Å². The molecule has 15 heavy (non-hydrogen) atoms. The molecule has 0 spiro atoms. The van der Waals surface area contributed by atoms with Crippen LogP contribution in [-0.4, -0.2) is 5.91 Å². The molecule has 1 atom stereocenters. The number of halogens is 1. The zero-order valence-electron chi connectivity index (χ0n) is 8.46. The lowest BCUT2D eigenvalue weighted by molar-refractivity contribution is -0.116. The minimum atomic E-state index is -0.262. The van der Waals surface area contributed by atoms with Crippen molar-refractivity contribution in [2.75, 3.05) is 0 Å². The van der Waals surface area contributed by atoms with E-state index in [4.69, 9.17) is 0 Å². The van der Waals surface area contributed by atoms with Crippen molar-refractivity contribution in [3.05, 3.63) is 35.9 Å². The number of rotatable bonds is 3. The first-order chi connectivity index (χ1) is 7.27. The fourth-order valence-electron chi connectivity index (χ4n) is 1.34. The number of hydrogen-bond acceptors (Lipinski definition) is 1. The molecule has 0 fully saturated rings. The molecule has 78 valence electrons. The zero-order chi connectivity index (χ0) is 11.1. The lowest BCUT2D eigenvalue weighted by Crippen LogP contribution is -2.26. The van der Waals surface area contributed by atoms with Crippen molar-refractivity contribution in [2.24, 2.45) is 0 Å². The monoisotopic (exact) mass is 265 g/mol. The van der Waals surface area contributed by atoms with Gasteiger partial charge in [-0.2, -0.15) is 0 Å². The Kier molecular flexibility index (Phi) is 4.92. The first-order valence-corrected chi connectivity index (χ1v) is 5.54. The van der Waals surface area contributed by atoms with Gasteiger partial charge in [-0.25, -0.2) is 0 Å². The Balaban J connectivity index is 2.72. The van der Waals surface area contributed by atoms with Gasteiger partial charge in [-0.3, -0.25) is 4.79 Å². The fourth-order valence-corrected chi connectivity index (χ4v) is 1.52. The quantitative estimate of drug-likeness (QED) is 0.837. The van der Waals surface area contributed by atoms with Crippen LogP contribution in [-0.2, 0) is 4.79 Å². The predicted molar refractivity (Wildman–Crippen MR) is 64.3 cm³/mol. The third-order valence-corrected chi connectivity index (χ3v) is 2.27. The lowest BCUT2D eigenvalue weighted by atomic mass is 10.0. The average molecular weight is 266 g/mol. The maximum absolute atomic E-state index is 11.3. The molecule has 0 aliphatic rings. The summed E-state index contributed by atoms with van der Waals surface area (Å²) in [7, 11) is 0. The fraction of sp³-hybridized carbons (Fsp3) is 0.250. The summed E-state index contributed by atoms with van der Waals surface area (Å²) in [5, 5.41) is 2.84. The van der Waals surface area contributed by atoms with Gasteiger partial charge in [0, 0.05) is 21.9 Å². The van der Waals surface area contributed by atoms with Gasteiger partial charge in [0.25, 0.3) is 5.91 Å². The Morgan fingerprint density at radius 1 is 1.47 bits per heavy atom. The van der Waals surface area contributed by atoms with E-state index >= 15 is 0 Å². The van der Waals surface area contributed by atoms with Gasteiger partial charge in [0.2, 0.25) is 0 Å². The van der Waals surface area contributed by atoms with E-state index in [1.165, 1.54) is 0 Å². The first-order valence-electron chi connectivity index (χ1n) is 4.75. The van der Waals surface area contributed by atoms with Gasteiger partial charge in [0.05, 0.1) is 6.04 Å². The molecule has 1 N–H and O–H groups in total. The van der Waals surface area contributed by atoms with E-state index in [1.807, 2.05) is 37.3 Å². The molecular weight excluding hydrogens is 254 g/mol. The molecule has 0 saturated carbocycles. The van der Waals surface area contributed by atoms with Crippen LogP contribution in [0.15, 0.2) is 30.3 Å². The van der Waals surface area contributed by atoms with Crippen molar-refractivity contribution in [2.45, 2.75) is 19.4 Å². The van der Waals surface area contributed by atoms with Crippen LogP contribution in [0.5, 0.6) is 0 Å². The smallest absolute Gasteiger partial charge is 0.297 e. The van der Waals surface area contributed by atoms with Crippen LogP contribution < -0.4 is 5.32 Å². The minimum Gasteiger partial charge on any atom is -0.338 e. The molecule has 0 aromatic heterocycles. The SMILES string of the molecule is CCC(NC(=O)C#CBr)c1ccccc1. The summed E-state index contributed by atoms with van der Waals surface area (Å²) in [6.45, 7) is 2.03. The zero-order valence-corrected chi connectivity index (χ0v) is 10.0. The van der Waals surface area contributed by atoms with Gasteiger partial charge in [-0.1, -0.05) is 37.3 Å². The van der Waals surface area contributed by atoms with E-state index in [0.29, 0.717) is 0 Å². The molecule has 0 aliphatic carbocycles. The number of amides is 1. The van der Waals surface area contributed by atoms with E-state index in [9.17, 15) is 4.79 Å². The summed E-state index contributed by atoms with van der Waals surface area (Å²) < 4.78 is 0. The maximum Gasteiger partial charge on any atom is 0.297 e. The molecule has 0 saturated heterocycles. The Morgan fingerprint density at radius 2 is 2.13 bits per heavy atom. The molecule has 0 heterocycles. The third kappa shape index (κ3) is 3.77. The van der Waals surface area contributed by atoms with Crippen molar-refractivity contribution >= 4 is 21.8 Å². The standard InChI is InChI=1S/C12H12BrNO/c1-2-11(14-12(15)8-9-13)10-6-4-3-5-7-10/h3-7,11H,2H2,1H3,(H,14,15). The van der Waals surface area contributed by atoms with E-state index in [-0.39, 0.29) is 11.9 Å². The minimum absolute atomic E-state index is 0.0343. The topological polar surface area (TPSA) is 29.1 Å². The van der Waals surface area contributed by atoms with Crippen LogP contribution in [0.1, 0.15) is 24.9 Å². The normalized spacial score (nSPS) is 11.1. The summed E-state index contributed by atoms with van der Waals surface area (Å²) >= 11 is 2.90. The van der Waals surface area contributed by atoms with Crippen LogP contribution in [0.3, 0.4) is 0 Å². The van der Waals surface area contributed by atoms with Gasteiger partial charge in [-0.15, -0.1) is 0 Å². The summed E-state index contributed by atoms with van der Waals surface area (Å²) in [4.78, 5) is 13.7. The van der Waals surface area contributed by atoms with Gasteiger partial charge < -0.3 is 5.32 Å². The van der Waals surface area contributed by atoms with Crippen LogP contribution in [0.25, 0.3) is 0 Å². The number of hydrogen-bond donors (Lipinski definition) is 1. The number of carbonyl (C=O) groups excluding carboxylic acids is 1. The summed E-state index contributed by atoms with van der Waals surface area (Å²) in [6, 6.07) is 9.90. The molecule has 1 amide bonds. The molecule has 0 bridgehead atoms. The predicted octanol–water partition coefficient (Wildman–Crippen LogP) is 2.61. The summed E-state index contributed by atoms with van der Waals surface area (Å²) in [6.07, 6.45) is 0.847. The molecule has 3 heteroatoms. The number of benzene rings is 1. The van der Waals surface area contributed by atoms with Crippen molar-refractivity contribution in [1.29, 1.82) is 0 Å². The van der Waals surface area contributed by atoms with Crippen LogP contribution in [0.2, 0.25) is 0 Å². The highest BCUT2D eigenvalue weighted by Crippen LogP contribution is 2.15. The van der Waals surface area contributed by atoms with E-state index in [1.54, 1.807) is 0 Å². The summed E-state index contributed by atoms with van der Waals surface area (Å²) in [5.41, 5.74) is 1.10. The molecular formula is C12H12BrNO. The number of carbonyl (C=O) groups is 1. The van der Waals surface area contributed by atoms with Crippen LogP contribution >= 0.6 is 15.9 Å². The third-order valence-electron chi connectivity index (χ3n) is 2.08. The van der Waals surface area contributed by atoms with Crippen LogP contribution in [0, 0.1) is 10.8 Å². The highest BCUT2D eigenvalue weighted by atomic mass is 79.9. The molecule has 0 radical (unpaired) electrons. The molecule has 1 unspecified atom stereocenters. The summed E-state index contributed by atoms with van der Waals surface area (Å²) in [5.74, 6) is 2.14. The highest BCUT2D eigenvalue weighted by molar-refractivity contribution is 9.12. The Bertz CT molecular complexity index is 378. The highest BCUT2D eigenvalue weighted by Gasteiger charge is 2.10. The van der Waals surface area contributed by atoms with Gasteiger partial charge in [0.15, 0.2) is 0 Å². The Labute approximate surface area is 98.2 Å². The maximum atomic E-state index is 11.3. The second-order valence-corrected chi connectivity index (χ2v) is 3.46. The van der Waals surface area contributed by atoms with Crippen molar-refractivity contribution in [3.8, 4) is 10.8 Å². The van der Waals surface area contributed by atoms with Crippen molar-refractivity contribution in [3.63, 3.8) is 0 Å². The van der Waals surface area contributed by atoms with E-state index < -0.39 is 0 Å².